The minimum absolute atomic E-state index is 0.0612. The second-order valence-electron chi connectivity index (χ2n) is 6.58. The van der Waals surface area contributed by atoms with E-state index < -0.39 is 12.1 Å². The number of nitrogens with zero attached hydrogens (tertiary/aromatic N) is 2. The number of amides is 1. The summed E-state index contributed by atoms with van der Waals surface area (Å²) in [7, 11) is 3.50. The van der Waals surface area contributed by atoms with Crippen LogP contribution in [-0.2, 0) is 9.53 Å². The van der Waals surface area contributed by atoms with Crippen LogP contribution in [0.15, 0.2) is 77.8 Å². The highest BCUT2D eigenvalue weighted by Gasteiger charge is 2.39. The van der Waals surface area contributed by atoms with E-state index in [1.807, 2.05) is 54.6 Å². The summed E-state index contributed by atoms with van der Waals surface area (Å²) < 4.78 is 6.23. The highest BCUT2D eigenvalue weighted by Crippen LogP contribution is 2.35. The average Bonchev–Trinajstić information content (AvgIpc) is 3.12. The number of aliphatic imine (C=N–C) groups is 1. The largest absolute Gasteiger partial charge is 0.466 e. The molecule has 3 aromatic rings. The van der Waals surface area contributed by atoms with Crippen molar-refractivity contribution in [3.8, 4) is 0 Å². The van der Waals surface area contributed by atoms with E-state index in [1.165, 1.54) is 0 Å². The molecule has 0 unspecified atom stereocenters. The Morgan fingerprint density at radius 3 is 2.38 bits per heavy atom. The number of likely N-dealkylation sites (N-methyl/N-ethyl adjacent to an activating group) is 1. The summed E-state index contributed by atoms with van der Waals surface area (Å²) in [6.07, 6.45) is -0.439. The van der Waals surface area contributed by atoms with Gasteiger partial charge in [-0.1, -0.05) is 60.7 Å². The molecule has 1 heterocycles. The maximum atomic E-state index is 12.8. The molecule has 0 saturated heterocycles. The summed E-state index contributed by atoms with van der Waals surface area (Å²) in [6.45, 7) is 0. The average molecular weight is 344 g/mol. The Morgan fingerprint density at radius 1 is 0.923 bits per heavy atom. The lowest BCUT2D eigenvalue weighted by Crippen LogP contribution is -2.35. The minimum Gasteiger partial charge on any atom is -0.466 e. The molecule has 0 spiro atoms. The fourth-order valence-corrected chi connectivity index (χ4v) is 3.31. The number of ether oxygens (including phenoxy) is 1. The van der Waals surface area contributed by atoms with E-state index in [0.29, 0.717) is 5.90 Å². The van der Waals surface area contributed by atoms with Crippen molar-refractivity contribution in [3.05, 3.63) is 83.9 Å². The predicted molar refractivity (Wildman–Crippen MR) is 103 cm³/mol. The summed E-state index contributed by atoms with van der Waals surface area (Å²) in [5.41, 5.74) is 1.87. The van der Waals surface area contributed by atoms with Crippen LogP contribution >= 0.6 is 0 Å². The van der Waals surface area contributed by atoms with Crippen LogP contribution in [0.25, 0.3) is 10.8 Å². The van der Waals surface area contributed by atoms with Crippen molar-refractivity contribution in [2.24, 2.45) is 4.99 Å². The van der Waals surface area contributed by atoms with Crippen LogP contribution in [0.2, 0.25) is 0 Å². The standard InChI is InChI=1S/C22H20N2O2/c1-24(2)22(25)19-20(26-21(23-19)16-10-4-3-5-11-16)18-14-8-12-15-9-6-7-13-17(15)18/h3-14,19-20H,1-2H3/t19-,20-/m0/s1. The molecule has 4 heteroatoms. The van der Waals surface area contributed by atoms with Crippen molar-refractivity contribution < 1.29 is 9.53 Å². The molecule has 1 aliphatic rings. The van der Waals surface area contributed by atoms with Crippen molar-refractivity contribution >= 4 is 22.6 Å². The van der Waals surface area contributed by atoms with Gasteiger partial charge in [0.25, 0.3) is 5.91 Å². The molecule has 1 amide bonds. The summed E-state index contributed by atoms with van der Waals surface area (Å²) in [6, 6.07) is 23.4. The number of hydrogen-bond acceptors (Lipinski definition) is 3. The van der Waals surface area contributed by atoms with Gasteiger partial charge in [-0.25, -0.2) is 4.99 Å². The lowest BCUT2D eigenvalue weighted by molar-refractivity contribution is -0.131. The van der Waals surface area contributed by atoms with Gasteiger partial charge in [0.1, 0.15) is 0 Å². The lowest BCUT2D eigenvalue weighted by atomic mass is 9.96. The Morgan fingerprint density at radius 2 is 1.62 bits per heavy atom. The first kappa shape index (κ1) is 16.3. The fraction of sp³-hybridized carbons (Fsp3) is 0.182. The Kier molecular flexibility index (Phi) is 4.17. The molecule has 1 aliphatic heterocycles. The molecule has 0 saturated carbocycles. The van der Waals surface area contributed by atoms with Gasteiger partial charge in [0, 0.05) is 25.2 Å². The van der Waals surface area contributed by atoms with Crippen LogP contribution in [0, 0.1) is 0 Å². The molecule has 0 N–H and O–H groups in total. The number of carbonyl (C=O) groups is 1. The molecular formula is C22H20N2O2. The molecule has 26 heavy (non-hydrogen) atoms. The SMILES string of the molecule is CN(C)C(=O)[C@H]1N=C(c2ccccc2)O[C@H]1c1cccc2ccccc12. The van der Waals surface area contributed by atoms with Crippen molar-refractivity contribution in [1.29, 1.82) is 0 Å². The van der Waals surface area contributed by atoms with E-state index in [4.69, 9.17) is 4.74 Å². The molecule has 0 fully saturated rings. The molecular weight excluding hydrogens is 324 g/mol. The van der Waals surface area contributed by atoms with E-state index in [0.717, 1.165) is 21.9 Å². The molecule has 0 bridgehead atoms. The maximum Gasteiger partial charge on any atom is 0.251 e. The van der Waals surface area contributed by atoms with Crippen LogP contribution in [0.1, 0.15) is 17.2 Å². The summed E-state index contributed by atoms with van der Waals surface area (Å²) in [4.78, 5) is 19.0. The first-order valence-electron chi connectivity index (χ1n) is 8.64. The van der Waals surface area contributed by atoms with Gasteiger partial charge < -0.3 is 9.64 Å². The number of hydrogen-bond donors (Lipinski definition) is 0. The van der Waals surface area contributed by atoms with Gasteiger partial charge in [-0.05, 0) is 22.9 Å². The van der Waals surface area contributed by atoms with E-state index >= 15 is 0 Å². The lowest BCUT2D eigenvalue weighted by Gasteiger charge is -2.21. The minimum atomic E-state index is -0.592. The van der Waals surface area contributed by atoms with Gasteiger partial charge in [0.15, 0.2) is 12.1 Å². The van der Waals surface area contributed by atoms with Crippen LogP contribution in [0.4, 0.5) is 0 Å². The van der Waals surface area contributed by atoms with E-state index in [1.54, 1.807) is 19.0 Å². The Bertz CT molecular complexity index is 974. The summed E-state index contributed by atoms with van der Waals surface area (Å²) in [5, 5.41) is 2.21. The molecule has 3 aromatic carbocycles. The molecule has 0 aromatic heterocycles. The van der Waals surface area contributed by atoms with Crippen LogP contribution < -0.4 is 0 Å². The van der Waals surface area contributed by atoms with E-state index in [2.05, 4.69) is 23.2 Å². The van der Waals surface area contributed by atoms with E-state index in [9.17, 15) is 4.79 Å². The van der Waals surface area contributed by atoms with Crippen LogP contribution in [-0.4, -0.2) is 36.8 Å². The van der Waals surface area contributed by atoms with E-state index in [-0.39, 0.29) is 5.91 Å². The third-order valence-corrected chi connectivity index (χ3v) is 4.63. The smallest absolute Gasteiger partial charge is 0.251 e. The third-order valence-electron chi connectivity index (χ3n) is 4.63. The summed E-state index contributed by atoms with van der Waals surface area (Å²) in [5.74, 6) is 0.456. The first-order chi connectivity index (χ1) is 12.6. The second kappa shape index (κ2) is 6.64. The molecule has 4 nitrogen and oxygen atoms in total. The maximum absolute atomic E-state index is 12.8. The number of benzene rings is 3. The molecule has 2 atom stereocenters. The normalized spacial score (nSPS) is 19.1. The highest BCUT2D eigenvalue weighted by atomic mass is 16.5. The molecule has 4 rings (SSSR count). The van der Waals surface area contributed by atoms with Crippen molar-refractivity contribution in [2.45, 2.75) is 12.1 Å². The van der Waals surface area contributed by atoms with Gasteiger partial charge in [0.05, 0.1) is 0 Å². The second-order valence-corrected chi connectivity index (χ2v) is 6.58. The van der Waals surface area contributed by atoms with Crippen molar-refractivity contribution in [2.75, 3.05) is 14.1 Å². The highest BCUT2D eigenvalue weighted by molar-refractivity contribution is 5.99. The number of rotatable bonds is 3. The van der Waals surface area contributed by atoms with Crippen molar-refractivity contribution in [3.63, 3.8) is 0 Å². The number of carbonyl (C=O) groups excluding carboxylic acids is 1. The zero-order chi connectivity index (χ0) is 18.1. The fourth-order valence-electron chi connectivity index (χ4n) is 3.31. The molecule has 0 radical (unpaired) electrons. The zero-order valence-electron chi connectivity index (χ0n) is 14.8. The topological polar surface area (TPSA) is 41.9 Å². The monoisotopic (exact) mass is 344 g/mol. The Labute approximate surface area is 152 Å². The third kappa shape index (κ3) is 2.84. The predicted octanol–water partition coefficient (Wildman–Crippen LogP) is 3.81. The van der Waals surface area contributed by atoms with Gasteiger partial charge in [0.2, 0.25) is 5.90 Å². The summed E-state index contributed by atoms with van der Waals surface area (Å²) >= 11 is 0. The first-order valence-corrected chi connectivity index (χ1v) is 8.64. The van der Waals surface area contributed by atoms with Crippen LogP contribution in [0.5, 0.6) is 0 Å². The number of fused-ring (bicyclic) bond motifs is 1. The molecule has 0 aliphatic carbocycles. The zero-order valence-corrected chi connectivity index (χ0v) is 14.8. The Hall–Kier alpha value is -3.14. The quantitative estimate of drug-likeness (QED) is 0.725. The van der Waals surface area contributed by atoms with Crippen LogP contribution in [0.3, 0.4) is 0 Å². The van der Waals surface area contributed by atoms with Crippen molar-refractivity contribution in [1.82, 2.24) is 4.90 Å². The Balaban J connectivity index is 1.80. The van der Waals surface area contributed by atoms with Gasteiger partial charge >= 0.3 is 0 Å². The van der Waals surface area contributed by atoms with Gasteiger partial charge in [-0.2, -0.15) is 0 Å². The van der Waals surface area contributed by atoms with Gasteiger partial charge in [-0.3, -0.25) is 4.79 Å². The van der Waals surface area contributed by atoms with Gasteiger partial charge in [-0.15, -0.1) is 0 Å². The molecule has 130 valence electrons.